The summed E-state index contributed by atoms with van der Waals surface area (Å²) in [6, 6.07) is 2.84. The third-order valence-corrected chi connectivity index (χ3v) is 4.85. The second-order valence-corrected chi connectivity index (χ2v) is 6.84. The summed E-state index contributed by atoms with van der Waals surface area (Å²) < 4.78 is 26.6. The number of nitrogens with one attached hydrogen (secondary N) is 2. The van der Waals surface area contributed by atoms with E-state index < -0.39 is 16.1 Å². The SMILES string of the molecule is CC(O)CCNS(=O)(=O)c1cc2c(cc1Cl)NC(=O)C2. The number of carbonyl (C=O) groups excluding carboxylic acids is 1. The lowest BCUT2D eigenvalue weighted by Crippen LogP contribution is -2.27. The molecule has 0 aromatic heterocycles. The number of hydrogen-bond acceptors (Lipinski definition) is 4. The molecule has 0 radical (unpaired) electrons. The lowest BCUT2D eigenvalue weighted by molar-refractivity contribution is -0.115. The molecule has 0 bridgehead atoms. The van der Waals surface area contributed by atoms with Crippen LogP contribution >= 0.6 is 11.6 Å². The standard InChI is InChI=1S/C12H15ClN2O4S/c1-7(16)2-3-14-20(18,19)11-4-8-5-12(17)15-10(8)6-9(11)13/h4,6-7,14,16H,2-3,5H2,1H3,(H,15,17). The van der Waals surface area contributed by atoms with Crippen molar-refractivity contribution in [2.75, 3.05) is 11.9 Å². The quantitative estimate of drug-likeness (QED) is 0.751. The van der Waals surface area contributed by atoms with Crippen LogP contribution in [0.25, 0.3) is 0 Å². The van der Waals surface area contributed by atoms with Crippen molar-refractivity contribution in [3.63, 3.8) is 0 Å². The molecule has 20 heavy (non-hydrogen) atoms. The van der Waals surface area contributed by atoms with Crippen molar-refractivity contribution in [1.29, 1.82) is 0 Å². The van der Waals surface area contributed by atoms with Crippen molar-refractivity contribution in [3.8, 4) is 0 Å². The summed E-state index contributed by atoms with van der Waals surface area (Å²) in [6.45, 7) is 1.69. The zero-order valence-electron chi connectivity index (χ0n) is 10.8. The fourth-order valence-electron chi connectivity index (χ4n) is 1.91. The predicted octanol–water partition coefficient (Wildman–Crippen LogP) is 0.884. The smallest absolute Gasteiger partial charge is 0.242 e. The number of carbonyl (C=O) groups is 1. The number of benzene rings is 1. The van der Waals surface area contributed by atoms with Gasteiger partial charge in [0.05, 0.1) is 17.5 Å². The first-order valence-electron chi connectivity index (χ1n) is 6.09. The van der Waals surface area contributed by atoms with Gasteiger partial charge in [-0.15, -0.1) is 0 Å². The van der Waals surface area contributed by atoms with Crippen molar-refractivity contribution >= 4 is 33.2 Å². The maximum Gasteiger partial charge on any atom is 0.242 e. The summed E-state index contributed by atoms with van der Waals surface area (Å²) >= 11 is 5.96. The highest BCUT2D eigenvalue weighted by atomic mass is 35.5. The lowest BCUT2D eigenvalue weighted by Gasteiger charge is -2.11. The molecule has 1 amide bonds. The molecule has 0 saturated carbocycles. The van der Waals surface area contributed by atoms with Gasteiger partial charge in [-0.05, 0) is 31.0 Å². The van der Waals surface area contributed by atoms with Gasteiger partial charge in [0.25, 0.3) is 0 Å². The van der Waals surface area contributed by atoms with Gasteiger partial charge in [0, 0.05) is 12.2 Å². The lowest BCUT2D eigenvalue weighted by atomic mass is 10.2. The molecule has 1 atom stereocenters. The molecular formula is C12H15ClN2O4S. The predicted molar refractivity (Wildman–Crippen MR) is 75.3 cm³/mol. The monoisotopic (exact) mass is 318 g/mol. The molecule has 0 aliphatic carbocycles. The molecule has 3 N–H and O–H groups in total. The summed E-state index contributed by atoms with van der Waals surface area (Å²) in [7, 11) is -3.76. The Bertz CT molecular complexity index is 643. The summed E-state index contributed by atoms with van der Waals surface area (Å²) in [5.74, 6) is -0.187. The van der Waals surface area contributed by atoms with Gasteiger partial charge < -0.3 is 10.4 Å². The van der Waals surface area contributed by atoms with Crippen molar-refractivity contribution < 1.29 is 18.3 Å². The first-order chi connectivity index (χ1) is 9.29. The summed E-state index contributed by atoms with van der Waals surface area (Å²) in [5, 5.41) is 11.8. The minimum absolute atomic E-state index is 0.0514. The zero-order chi connectivity index (χ0) is 14.9. The van der Waals surface area contributed by atoms with Gasteiger partial charge in [0.15, 0.2) is 0 Å². The Balaban J connectivity index is 2.24. The number of fused-ring (bicyclic) bond motifs is 1. The van der Waals surface area contributed by atoms with Crippen LogP contribution in [-0.4, -0.2) is 32.1 Å². The Morgan fingerprint density at radius 1 is 1.50 bits per heavy atom. The van der Waals surface area contributed by atoms with Gasteiger partial charge in [-0.25, -0.2) is 13.1 Å². The van der Waals surface area contributed by atoms with Crippen molar-refractivity contribution in [2.24, 2.45) is 0 Å². The highest BCUT2D eigenvalue weighted by Crippen LogP contribution is 2.32. The fourth-order valence-corrected chi connectivity index (χ4v) is 3.53. The molecule has 1 aliphatic heterocycles. The van der Waals surface area contributed by atoms with Crippen LogP contribution < -0.4 is 10.0 Å². The minimum Gasteiger partial charge on any atom is -0.393 e. The van der Waals surface area contributed by atoms with E-state index in [0.29, 0.717) is 17.7 Å². The summed E-state index contributed by atoms with van der Waals surface area (Å²) in [4.78, 5) is 11.2. The Morgan fingerprint density at radius 2 is 2.20 bits per heavy atom. The molecule has 8 heteroatoms. The number of amides is 1. The molecule has 1 unspecified atom stereocenters. The molecule has 1 heterocycles. The van der Waals surface area contributed by atoms with E-state index in [4.69, 9.17) is 16.7 Å². The second kappa shape index (κ2) is 5.69. The number of hydrogen-bond donors (Lipinski definition) is 3. The van der Waals surface area contributed by atoms with Crippen LogP contribution in [0.1, 0.15) is 18.9 Å². The first-order valence-corrected chi connectivity index (χ1v) is 7.95. The van der Waals surface area contributed by atoms with Crippen LogP contribution in [0.2, 0.25) is 5.02 Å². The van der Waals surface area contributed by atoms with Gasteiger partial charge in [0.1, 0.15) is 4.90 Å². The molecular weight excluding hydrogens is 304 g/mol. The summed E-state index contributed by atoms with van der Waals surface area (Å²) in [6.07, 6.45) is -0.139. The molecule has 6 nitrogen and oxygen atoms in total. The Labute approximate surface area is 122 Å². The number of anilines is 1. The molecule has 0 fully saturated rings. The van der Waals surface area contributed by atoms with Crippen LogP contribution in [0.3, 0.4) is 0 Å². The van der Waals surface area contributed by atoms with Crippen LogP contribution in [0.4, 0.5) is 5.69 Å². The largest absolute Gasteiger partial charge is 0.393 e. The van der Waals surface area contributed by atoms with Crippen molar-refractivity contribution in [1.82, 2.24) is 4.72 Å². The highest BCUT2D eigenvalue weighted by molar-refractivity contribution is 7.89. The van der Waals surface area contributed by atoms with E-state index in [1.165, 1.54) is 12.1 Å². The molecule has 0 saturated heterocycles. The number of aliphatic hydroxyl groups is 1. The summed E-state index contributed by atoms with van der Waals surface area (Å²) in [5.41, 5.74) is 1.15. The zero-order valence-corrected chi connectivity index (χ0v) is 12.4. The number of halogens is 1. The maximum absolute atomic E-state index is 12.1. The molecule has 1 aromatic rings. The van der Waals surface area contributed by atoms with E-state index in [2.05, 4.69) is 10.0 Å². The Morgan fingerprint density at radius 3 is 2.85 bits per heavy atom. The second-order valence-electron chi connectivity index (χ2n) is 4.70. The number of sulfonamides is 1. The van der Waals surface area contributed by atoms with Crippen LogP contribution in [0.15, 0.2) is 17.0 Å². The minimum atomic E-state index is -3.76. The average Bonchev–Trinajstić information content (AvgIpc) is 2.66. The number of aliphatic hydroxyl groups excluding tert-OH is 1. The first kappa shape index (κ1) is 15.2. The van der Waals surface area contributed by atoms with E-state index >= 15 is 0 Å². The van der Waals surface area contributed by atoms with E-state index in [1.54, 1.807) is 6.92 Å². The van der Waals surface area contributed by atoms with E-state index in [-0.39, 0.29) is 28.8 Å². The van der Waals surface area contributed by atoms with Crippen molar-refractivity contribution in [2.45, 2.75) is 30.8 Å². The third kappa shape index (κ3) is 3.29. The van der Waals surface area contributed by atoms with E-state index in [9.17, 15) is 13.2 Å². The van der Waals surface area contributed by atoms with Gasteiger partial charge in [0.2, 0.25) is 15.9 Å². The normalized spacial score (nSPS) is 15.8. The molecule has 110 valence electrons. The molecule has 1 aromatic carbocycles. The van der Waals surface area contributed by atoms with Crippen LogP contribution in [-0.2, 0) is 21.2 Å². The third-order valence-electron chi connectivity index (χ3n) is 2.93. The molecule has 0 spiro atoms. The van der Waals surface area contributed by atoms with Crippen LogP contribution in [0.5, 0.6) is 0 Å². The molecule has 2 rings (SSSR count). The van der Waals surface area contributed by atoms with Gasteiger partial charge in [-0.1, -0.05) is 11.6 Å². The average molecular weight is 319 g/mol. The topological polar surface area (TPSA) is 95.5 Å². The Kier molecular flexibility index (Phi) is 4.33. The maximum atomic E-state index is 12.1. The molecule has 1 aliphatic rings. The highest BCUT2D eigenvalue weighted by Gasteiger charge is 2.24. The number of rotatable bonds is 5. The van der Waals surface area contributed by atoms with Crippen molar-refractivity contribution in [3.05, 3.63) is 22.7 Å². The Hall–Kier alpha value is -1.15. The van der Waals surface area contributed by atoms with Gasteiger partial charge >= 0.3 is 0 Å². The van der Waals surface area contributed by atoms with Gasteiger partial charge in [-0.2, -0.15) is 0 Å². The van der Waals surface area contributed by atoms with Gasteiger partial charge in [-0.3, -0.25) is 4.79 Å². The fraction of sp³-hybridized carbons (Fsp3) is 0.417. The van der Waals surface area contributed by atoms with Crippen LogP contribution in [0, 0.1) is 0 Å². The van der Waals surface area contributed by atoms with E-state index in [1.807, 2.05) is 0 Å². The van der Waals surface area contributed by atoms with E-state index in [0.717, 1.165) is 0 Å².